The zero-order valence-electron chi connectivity index (χ0n) is 21.8. The highest BCUT2D eigenvalue weighted by atomic mass is 16.6. The molecule has 1 aromatic rings. The van der Waals surface area contributed by atoms with Gasteiger partial charge in [0, 0.05) is 34.4 Å². The summed E-state index contributed by atoms with van der Waals surface area (Å²) in [6, 6.07) is 4.99. The molecule has 7 nitrogen and oxygen atoms in total. The van der Waals surface area contributed by atoms with Crippen molar-refractivity contribution in [3.63, 3.8) is 0 Å². The normalized spacial score (nSPS) is 41.8. The summed E-state index contributed by atoms with van der Waals surface area (Å²) in [4.78, 5) is 41.3. The Morgan fingerprint density at radius 2 is 1.97 bits per heavy atom. The molecule has 3 aliphatic carbocycles. The minimum atomic E-state index is -0.733. The molecular weight excluding hydrogens is 456 g/mol. The molecule has 1 unspecified atom stereocenters. The van der Waals surface area contributed by atoms with Crippen LogP contribution in [0, 0.1) is 34.0 Å². The maximum Gasteiger partial charge on any atom is 0.417 e. The molecule has 3 saturated carbocycles. The number of imide groups is 1. The van der Waals surface area contributed by atoms with Crippen molar-refractivity contribution in [3.05, 3.63) is 42.0 Å². The molecule has 0 spiro atoms. The number of ether oxygens (including phenoxy) is 1. The number of aliphatic hydroxyl groups is 1. The van der Waals surface area contributed by atoms with E-state index in [-0.39, 0.29) is 35.5 Å². The highest BCUT2D eigenvalue weighted by Crippen LogP contribution is 2.68. The van der Waals surface area contributed by atoms with Gasteiger partial charge in [-0.2, -0.15) is 0 Å². The van der Waals surface area contributed by atoms with E-state index in [1.165, 1.54) is 0 Å². The lowest BCUT2D eigenvalue weighted by Gasteiger charge is -2.61. The summed E-state index contributed by atoms with van der Waals surface area (Å²) in [5, 5.41) is 11.6. The van der Waals surface area contributed by atoms with Gasteiger partial charge in [0.05, 0.1) is 12.6 Å². The minimum Gasteiger partial charge on any atom is -0.445 e. The fourth-order valence-electron chi connectivity index (χ4n) is 8.17. The van der Waals surface area contributed by atoms with Crippen LogP contribution in [0.1, 0.15) is 75.7 Å². The van der Waals surface area contributed by atoms with Crippen LogP contribution in [0.3, 0.4) is 0 Å². The predicted octanol–water partition coefficient (Wildman–Crippen LogP) is 4.72. The van der Waals surface area contributed by atoms with Crippen LogP contribution < -0.4 is 5.73 Å². The van der Waals surface area contributed by atoms with E-state index in [4.69, 9.17) is 10.5 Å². The first-order valence-corrected chi connectivity index (χ1v) is 13.1. The number of carbonyl (C=O) groups is 3. The van der Waals surface area contributed by atoms with Crippen molar-refractivity contribution in [2.75, 3.05) is 5.73 Å². The molecule has 1 heterocycles. The molecule has 1 aromatic carbocycles. The summed E-state index contributed by atoms with van der Waals surface area (Å²) in [7, 11) is 0. The molecular formula is C29H38N2O5. The Morgan fingerprint density at radius 1 is 1.25 bits per heavy atom. The number of hydrogen-bond donors (Lipinski definition) is 2. The average Bonchev–Trinajstić information content (AvgIpc) is 3.37. The van der Waals surface area contributed by atoms with Gasteiger partial charge in [-0.1, -0.05) is 33.8 Å². The number of ketones is 1. The highest BCUT2D eigenvalue weighted by Gasteiger charge is 2.68. The third kappa shape index (κ3) is 3.24. The number of nitrogen functional groups attached to an aromatic ring is 1. The number of Topliss-reactive ketones (excluding diaryl/α,β-unsaturated/α-hetero) is 1. The van der Waals surface area contributed by atoms with Crippen LogP contribution in [-0.2, 0) is 16.1 Å². The van der Waals surface area contributed by atoms with Gasteiger partial charge in [0.2, 0.25) is 0 Å². The second-order valence-corrected chi connectivity index (χ2v) is 12.3. The van der Waals surface area contributed by atoms with Gasteiger partial charge in [-0.25, -0.2) is 9.69 Å². The molecule has 3 fully saturated rings. The monoisotopic (exact) mass is 494 g/mol. The molecule has 2 amide bonds. The van der Waals surface area contributed by atoms with Crippen molar-refractivity contribution in [1.82, 2.24) is 4.90 Å². The Morgan fingerprint density at radius 3 is 2.67 bits per heavy atom. The fraction of sp³-hybridized carbons (Fsp3) is 0.621. The Balaban J connectivity index is 1.55. The molecule has 36 heavy (non-hydrogen) atoms. The van der Waals surface area contributed by atoms with Crippen LogP contribution >= 0.6 is 0 Å². The first-order valence-electron chi connectivity index (χ1n) is 13.1. The predicted molar refractivity (Wildman–Crippen MR) is 136 cm³/mol. The van der Waals surface area contributed by atoms with E-state index in [1.807, 2.05) is 6.92 Å². The highest BCUT2D eigenvalue weighted by molar-refractivity contribution is 6.06. The standard InChI is InChI=1S/C29H38N2O5/c1-6-27(4)14-22(36-26(35)31-15-18-13-19(30)7-8-20(18)25(31)34)28(5)16(2)9-11-29(17(3)24(27)33)12-10-21(32)23(28)29/h6-8,13,16-17,22-24,33H,1,9-12,14-15,30H2,2-5H3/t16-,17+,22-,23?,24+,27-,28+,29+/m1/s1. The van der Waals surface area contributed by atoms with Gasteiger partial charge < -0.3 is 15.6 Å². The lowest BCUT2D eigenvalue weighted by molar-refractivity contribution is -0.192. The number of rotatable bonds is 2. The van der Waals surface area contributed by atoms with Crippen LogP contribution in [0.5, 0.6) is 0 Å². The van der Waals surface area contributed by atoms with Crippen LogP contribution in [0.15, 0.2) is 30.9 Å². The quantitative estimate of drug-likeness (QED) is 0.455. The summed E-state index contributed by atoms with van der Waals surface area (Å²) < 4.78 is 6.26. The van der Waals surface area contributed by atoms with Crippen molar-refractivity contribution in [3.8, 4) is 0 Å². The Hall–Kier alpha value is -2.67. The lowest BCUT2D eigenvalue weighted by atomic mass is 9.44. The first kappa shape index (κ1) is 25.0. The SMILES string of the molecule is C=C[C@]1(C)C[C@@H](OC(=O)N2Cc3cc(N)ccc3C2=O)[C@@]2(C)C3C(=O)CC[C@@]3(CC[C@H]2C)[C@@H](C)[C@@H]1O. The molecule has 7 heteroatoms. The molecule has 0 saturated heterocycles. The summed E-state index contributed by atoms with van der Waals surface area (Å²) in [5.74, 6) is -0.490. The smallest absolute Gasteiger partial charge is 0.417 e. The van der Waals surface area contributed by atoms with E-state index in [0.717, 1.165) is 24.2 Å². The van der Waals surface area contributed by atoms with Crippen molar-refractivity contribution < 1.29 is 24.2 Å². The summed E-state index contributed by atoms with van der Waals surface area (Å²) in [6.45, 7) is 12.4. The number of aliphatic hydroxyl groups excluding tert-OH is 1. The number of nitrogens with zero attached hydrogens (tertiary/aromatic N) is 1. The summed E-state index contributed by atoms with van der Waals surface area (Å²) in [6.07, 6.45) is 2.97. The number of anilines is 1. The maximum atomic E-state index is 13.6. The summed E-state index contributed by atoms with van der Waals surface area (Å²) in [5.41, 5.74) is 5.86. The first-order chi connectivity index (χ1) is 16.9. The van der Waals surface area contributed by atoms with E-state index in [2.05, 4.69) is 27.4 Å². The number of hydrogen-bond acceptors (Lipinski definition) is 6. The maximum absolute atomic E-state index is 13.6. The van der Waals surface area contributed by atoms with Crippen LogP contribution in [0.4, 0.5) is 10.5 Å². The third-order valence-corrected chi connectivity index (χ3v) is 10.7. The average molecular weight is 495 g/mol. The molecule has 0 radical (unpaired) electrons. The molecule has 4 aliphatic rings. The molecule has 5 rings (SSSR count). The van der Waals surface area contributed by atoms with Gasteiger partial charge in [0.15, 0.2) is 0 Å². The number of carbonyl (C=O) groups excluding carboxylic acids is 3. The van der Waals surface area contributed by atoms with Crippen molar-refractivity contribution in [2.45, 2.75) is 78.6 Å². The second kappa shape index (κ2) is 8.17. The van der Waals surface area contributed by atoms with Gasteiger partial charge in [-0.05, 0) is 66.7 Å². The van der Waals surface area contributed by atoms with Gasteiger partial charge in [0.25, 0.3) is 5.91 Å². The van der Waals surface area contributed by atoms with E-state index >= 15 is 0 Å². The molecule has 194 valence electrons. The van der Waals surface area contributed by atoms with E-state index < -0.39 is 35.0 Å². The third-order valence-electron chi connectivity index (χ3n) is 10.7. The van der Waals surface area contributed by atoms with Crippen molar-refractivity contribution in [2.24, 2.45) is 34.0 Å². The largest absolute Gasteiger partial charge is 0.445 e. The molecule has 1 aliphatic heterocycles. The molecule has 8 atom stereocenters. The number of nitrogens with two attached hydrogens (primary N) is 1. The van der Waals surface area contributed by atoms with Crippen molar-refractivity contribution in [1.29, 1.82) is 0 Å². The van der Waals surface area contributed by atoms with Crippen molar-refractivity contribution >= 4 is 23.5 Å². The topological polar surface area (TPSA) is 110 Å². The number of fused-ring (bicyclic) bond motifs is 1. The Kier molecular flexibility index (Phi) is 5.67. The second-order valence-electron chi connectivity index (χ2n) is 12.3. The number of amides is 2. The van der Waals surface area contributed by atoms with E-state index in [1.54, 1.807) is 24.3 Å². The molecule has 2 bridgehead atoms. The van der Waals surface area contributed by atoms with Gasteiger partial charge in [0.1, 0.15) is 11.9 Å². The van der Waals surface area contributed by atoms with Gasteiger partial charge in [-0.15, -0.1) is 6.58 Å². The molecule has 0 aromatic heterocycles. The van der Waals surface area contributed by atoms with Gasteiger partial charge >= 0.3 is 6.09 Å². The zero-order chi connectivity index (χ0) is 26.2. The number of benzene rings is 1. The van der Waals surface area contributed by atoms with Crippen LogP contribution in [-0.4, -0.2) is 40.0 Å². The molecule has 3 N–H and O–H groups in total. The van der Waals surface area contributed by atoms with E-state index in [0.29, 0.717) is 29.7 Å². The van der Waals surface area contributed by atoms with Crippen LogP contribution in [0.25, 0.3) is 0 Å². The van der Waals surface area contributed by atoms with E-state index in [9.17, 15) is 19.5 Å². The Labute approximate surface area is 213 Å². The minimum absolute atomic E-state index is 0.0967. The lowest BCUT2D eigenvalue weighted by Crippen LogP contribution is -2.63. The fourth-order valence-corrected chi connectivity index (χ4v) is 8.17. The zero-order valence-corrected chi connectivity index (χ0v) is 21.8. The summed E-state index contributed by atoms with van der Waals surface area (Å²) >= 11 is 0. The van der Waals surface area contributed by atoms with Crippen LogP contribution in [0.2, 0.25) is 0 Å². The Bertz CT molecular complexity index is 1150. The van der Waals surface area contributed by atoms with Gasteiger partial charge in [-0.3, -0.25) is 9.59 Å².